The summed E-state index contributed by atoms with van der Waals surface area (Å²) in [5.41, 5.74) is 0.122. The van der Waals surface area contributed by atoms with Crippen molar-refractivity contribution in [2.75, 3.05) is 6.54 Å². The Bertz CT molecular complexity index is 862. The van der Waals surface area contributed by atoms with Crippen molar-refractivity contribution in [1.29, 1.82) is 0 Å². The highest BCUT2D eigenvalue weighted by molar-refractivity contribution is 6.51. The van der Waals surface area contributed by atoms with Gasteiger partial charge in [-0.05, 0) is 44.4 Å². The van der Waals surface area contributed by atoms with E-state index in [0.29, 0.717) is 11.4 Å². The highest BCUT2D eigenvalue weighted by Gasteiger charge is 2.43. The Morgan fingerprint density at radius 1 is 1.09 bits per heavy atom. The molecule has 0 radical (unpaired) electrons. The summed E-state index contributed by atoms with van der Waals surface area (Å²) in [6.07, 6.45) is -1.61. The van der Waals surface area contributed by atoms with Crippen molar-refractivity contribution in [1.82, 2.24) is 10.6 Å². The van der Waals surface area contributed by atoms with E-state index in [0.717, 1.165) is 0 Å². The molecule has 1 aromatic rings. The van der Waals surface area contributed by atoms with E-state index in [-0.39, 0.29) is 23.0 Å². The van der Waals surface area contributed by atoms with Crippen molar-refractivity contribution >= 4 is 54.1 Å². The van der Waals surface area contributed by atoms with E-state index in [1.165, 1.54) is 32.0 Å². The molecule has 1 aliphatic rings. The van der Waals surface area contributed by atoms with Crippen LogP contribution in [0.5, 0.6) is 0 Å². The SMILES string of the molecule is CC(C)C[C@H](NC(=O)CNC(=O)c1cc(Cl)ccc1Cl)B1OC(=O)[C@H](C)O[C@H](C)C(=O)O1. The second-order valence-corrected chi connectivity index (χ2v) is 8.62. The largest absolute Gasteiger partial charge is 0.622 e. The van der Waals surface area contributed by atoms with Gasteiger partial charge in [-0.2, -0.15) is 0 Å². The van der Waals surface area contributed by atoms with Gasteiger partial charge in [-0.25, -0.2) is 0 Å². The molecule has 3 atom stereocenters. The van der Waals surface area contributed by atoms with Gasteiger partial charge in [-0.3, -0.25) is 19.2 Å². The van der Waals surface area contributed by atoms with Gasteiger partial charge in [0, 0.05) is 5.02 Å². The molecule has 2 rings (SSSR count). The van der Waals surface area contributed by atoms with Crippen LogP contribution in [0.1, 0.15) is 44.5 Å². The smallest absolute Gasteiger partial charge is 0.496 e. The fourth-order valence-corrected chi connectivity index (χ4v) is 3.33. The van der Waals surface area contributed by atoms with Gasteiger partial charge in [0.25, 0.3) is 5.91 Å². The minimum atomic E-state index is -1.34. The van der Waals surface area contributed by atoms with Crippen LogP contribution < -0.4 is 10.6 Å². The first kappa shape index (κ1) is 26.0. The minimum absolute atomic E-state index is 0.0640. The Labute approximate surface area is 196 Å². The Hall–Kier alpha value is -2.30. The lowest BCUT2D eigenvalue weighted by Gasteiger charge is -2.29. The van der Waals surface area contributed by atoms with Gasteiger partial charge in [0.2, 0.25) is 5.91 Å². The topological polar surface area (TPSA) is 120 Å². The van der Waals surface area contributed by atoms with Crippen molar-refractivity contribution in [3.63, 3.8) is 0 Å². The lowest BCUT2D eigenvalue weighted by Crippen LogP contribution is -2.56. The van der Waals surface area contributed by atoms with Crippen molar-refractivity contribution in [2.24, 2.45) is 5.92 Å². The van der Waals surface area contributed by atoms with E-state index in [9.17, 15) is 19.2 Å². The van der Waals surface area contributed by atoms with Crippen LogP contribution in [0.3, 0.4) is 0 Å². The third-order valence-corrected chi connectivity index (χ3v) is 5.08. The summed E-state index contributed by atoms with van der Waals surface area (Å²) in [6, 6.07) is 4.39. The number of rotatable bonds is 7. The Morgan fingerprint density at radius 3 is 2.25 bits per heavy atom. The standard InChI is InChI=1S/C20H25BCl2N2O7/c1-10(2)7-16(21-31-19(28)11(3)30-12(4)20(29)32-21)25-17(26)9-24-18(27)14-8-13(22)5-6-15(14)23/h5-6,8,10-12,16H,7,9H2,1-4H3,(H,24,27)(H,25,26)/t11-,12+,16-/m0/s1. The number of nitrogens with one attached hydrogen (secondary N) is 2. The van der Waals surface area contributed by atoms with Crippen LogP contribution >= 0.6 is 23.2 Å². The summed E-state index contributed by atoms with van der Waals surface area (Å²) in [7, 11) is -1.34. The predicted molar refractivity (Wildman–Crippen MR) is 118 cm³/mol. The zero-order valence-corrected chi connectivity index (χ0v) is 19.7. The van der Waals surface area contributed by atoms with Crippen molar-refractivity contribution < 1.29 is 33.2 Å². The van der Waals surface area contributed by atoms with E-state index in [2.05, 4.69) is 10.6 Å². The van der Waals surface area contributed by atoms with Crippen molar-refractivity contribution in [3.8, 4) is 0 Å². The molecule has 1 fully saturated rings. The molecule has 2 amide bonds. The minimum Gasteiger partial charge on any atom is -0.496 e. The molecule has 2 N–H and O–H groups in total. The molecule has 174 valence electrons. The third kappa shape index (κ3) is 7.39. The van der Waals surface area contributed by atoms with Crippen LogP contribution in [0.2, 0.25) is 10.0 Å². The van der Waals surface area contributed by atoms with E-state index in [1.807, 2.05) is 13.8 Å². The van der Waals surface area contributed by atoms with Gasteiger partial charge in [-0.15, -0.1) is 0 Å². The average Bonchev–Trinajstić information content (AvgIpc) is 2.71. The van der Waals surface area contributed by atoms with Gasteiger partial charge in [0.15, 0.2) is 12.2 Å². The number of carbonyl (C=O) groups is 4. The van der Waals surface area contributed by atoms with E-state index < -0.39 is 49.0 Å². The molecule has 12 heteroatoms. The van der Waals surface area contributed by atoms with Gasteiger partial charge in [0.1, 0.15) is 0 Å². The molecule has 1 saturated heterocycles. The number of halogens is 2. The summed E-state index contributed by atoms with van der Waals surface area (Å²) in [4.78, 5) is 49.3. The molecule has 1 aromatic carbocycles. The molecular weight excluding hydrogens is 462 g/mol. The van der Waals surface area contributed by atoms with E-state index >= 15 is 0 Å². The molecular formula is C20H25BCl2N2O7. The van der Waals surface area contributed by atoms with Gasteiger partial charge >= 0.3 is 19.1 Å². The fraction of sp³-hybridized carbons (Fsp3) is 0.500. The molecule has 0 unspecified atom stereocenters. The van der Waals surface area contributed by atoms with Gasteiger partial charge < -0.3 is 24.7 Å². The zero-order chi connectivity index (χ0) is 24.0. The molecule has 0 spiro atoms. The summed E-state index contributed by atoms with van der Waals surface area (Å²) in [5.74, 6) is -3.37. The van der Waals surface area contributed by atoms with Crippen LogP contribution in [0.25, 0.3) is 0 Å². The molecule has 1 aliphatic heterocycles. The quantitative estimate of drug-likeness (QED) is 0.566. The first-order valence-electron chi connectivity index (χ1n) is 10.1. The highest BCUT2D eigenvalue weighted by Crippen LogP contribution is 2.20. The van der Waals surface area contributed by atoms with Crippen molar-refractivity contribution in [2.45, 2.75) is 52.3 Å². The molecule has 9 nitrogen and oxygen atoms in total. The fourth-order valence-electron chi connectivity index (χ4n) is 2.96. The number of benzene rings is 1. The Balaban J connectivity index is 2.07. The van der Waals surface area contributed by atoms with Crippen LogP contribution in [0, 0.1) is 5.92 Å². The lowest BCUT2D eigenvalue weighted by molar-refractivity contribution is -0.167. The lowest BCUT2D eigenvalue weighted by atomic mass is 9.73. The predicted octanol–water partition coefficient (Wildman–Crippen LogP) is 2.18. The summed E-state index contributed by atoms with van der Waals surface area (Å²) >= 11 is 11.9. The monoisotopic (exact) mass is 486 g/mol. The molecule has 0 bridgehead atoms. The molecule has 32 heavy (non-hydrogen) atoms. The second-order valence-electron chi connectivity index (χ2n) is 7.77. The van der Waals surface area contributed by atoms with Crippen molar-refractivity contribution in [3.05, 3.63) is 33.8 Å². The number of hydrogen-bond acceptors (Lipinski definition) is 7. The maximum Gasteiger partial charge on any atom is 0.622 e. The molecule has 1 heterocycles. The summed E-state index contributed by atoms with van der Waals surface area (Å²) < 4.78 is 15.8. The van der Waals surface area contributed by atoms with E-state index in [4.69, 9.17) is 37.2 Å². The van der Waals surface area contributed by atoms with Crippen LogP contribution in [-0.2, 0) is 28.4 Å². The molecule has 0 aliphatic carbocycles. The third-order valence-electron chi connectivity index (χ3n) is 4.52. The number of ether oxygens (including phenoxy) is 1. The van der Waals surface area contributed by atoms with Crippen LogP contribution in [0.4, 0.5) is 0 Å². The van der Waals surface area contributed by atoms with E-state index in [1.54, 1.807) is 0 Å². The van der Waals surface area contributed by atoms with Crippen LogP contribution in [0.15, 0.2) is 18.2 Å². The Kier molecular flexibility index (Phi) is 9.36. The average molecular weight is 487 g/mol. The Morgan fingerprint density at radius 2 is 1.69 bits per heavy atom. The zero-order valence-electron chi connectivity index (χ0n) is 18.1. The van der Waals surface area contributed by atoms with Gasteiger partial charge in [-0.1, -0.05) is 37.0 Å². The molecule has 0 aromatic heterocycles. The van der Waals surface area contributed by atoms with Gasteiger partial charge in [0.05, 0.1) is 23.1 Å². The molecule has 0 saturated carbocycles. The summed E-state index contributed by atoms with van der Waals surface area (Å²) in [5, 5.41) is 5.62. The first-order chi connectivity index (χ1) is 15.0. The maximum atomic E-state index is 12.5. The highest BCUT2D eigenvalue weighted by atomic mass is 35.5. The second kappa shape index (κ2) is 11.5. The number of hydrogen-bond donors (Lipinski definition) is 2. The van der Waals surface area contributed by atoms with Crippen LogP contribution in [-0.4, -0.2) is 55.6 Å². The normalized spacial score (nSPS) is 20.0. The maximum absolute atomic E-state index is 12.5. The first-order valence-corrected chi connectivity index (χ1v) is 10.8. The number of amides is 2. The summed E-state index contributed by atoms with van der Waals surface area (Å²) in [6.45, 7) is 6.31. The number of carbonyl (C=O) groups excluding carboxylic acids is 4.